The molecule has 1 amide bonds. The van der Waals surface area contributed by atoms with E-state index >= 15 is 0 Å². The number of rotatable bonds is 6. The standard InChI is InChI=1S/C15H20N4O/c1-12(18-15(20)8-4-9-16)13-6-2-3-7-14(13)19-11-5-10-17-19/h2-3,5-7,10-12H,4,8-9,16H2,1H3,(H,18,20). The second-order valence-electron chi connectivity index (χ2n) is 4.69. The number of nitrogens with two attached hydrogens (primary N) is 1. The summed E-state index contributed by atoms with van der Waals surface area (Å²) < 4.78 is 1.80. The molecule has 5 heteroatoms. The summed E-state index contributed by atoms with van der Waals surface area (Å²) in [4.78, 5) is 11.8. The van der Waals surface area contributed by atoms with Crippen molar-refractivity contribution in [1.29, 1.82) is 0 Å². The predicted molar refractivity (Wildman–Crippen MR) is 78.4 cm³/mol. The van der Waals surface area contributed by atoms with Gasteiger partial charge in [-0.1, -0.05) is 18.2 Å². The van der Waals surface area contributed by atoms with Crippen LogP contribution in [0.25, 0.3) is 5.69 Å². The van der Waals surface area contributed by atoms with Crippen LogP contribution in [0, 0.1) is 0 Å². The number of amides is 1. The van der Waals surface area contributed by atoms with Gasteiger partial charge in [0.2, 0.25) is 5.91 Å². The summed E-state index contributed by atoms with van der Waals surface area (Å²) in [5.41, 5.74) is 7.43. The van der Waals surface area contributed by atoms with E-state index in [1.54, 1.807) is 10.9 Å². The Morgan fingerprint density at radius 2 is 2.20 bits per heavy atom. The minimum Gasteiger partial charge on any atom is -0.350 e. The van der Waals surface area contributed by atoms with Crippen molar-refractivity contribution in [1.82, 2.24) is 15.1 Å². The molecule has 0 radical (unpaired) electrons. The molecule has 106 valence electrons. The lowest BCUT2D eigenvalue weighted by Gasteiger charge is -2.18. The summed E-state index contributed by atoms with van der Waals surface area (Å²) in [5.74, 6) is 0.0261. The number of nitrogens with zero attached hydrogens (tertiary/aromatic N) is 2. The molecule has 1 atom stereocenters. The van der Waals surface area contributed by atoms with Crippen molar-refractivity contribution in [2.24, 2.45) is 5.73 Å². The third-order valence-electron chi connectivity index (χ3n) is 3.14. The van der Waals surface area contributed by atoms with E-state index in [1.807, 2.05) is 43.5 Å². The second kappa shape index (κ2) is 6.86. The summed E-state index contributed by atoms with van der Waals surface area (Å²) in [7, 11) is 0. The minimum absolute atomic E-state index is 0.0261. The fraction of sp³-hybridized carbons (Fsp3) is 0.333. The van der Waals surface area contributed by atoms with Gasteiger partial charge in [0.15, 0.2) is 0 Å². The van der Waals surface area contributed by atoms with Crippen LogP contribution >= 0.6 is 0 Å². The lowest BCUT2D eigenvalue weighted by molar-refractivity contribution is -0.121. The highest BCUT2D eigenvalue weighted by atomic mass is 16.1. The Kier molecular flexibility index (Phi) is 4.90. The number of hydrogen-bond acceptors (Lipinski definition) is 3. The predicted octanol–water partition coefficient (Wildman–Crippen LogP) is 1.79. The van der Waals surface area contributed by atoms with Gasteiger partial charge in [-0.2, -0.15) is 5.10 Å². The van der Waals surface area contributed by atoms with Crippen molar-refractivity contribution in [3.63, 3.8) is 0 Å². The molecule has 2 rings (SSSR count). The van der Waals surface area contributed by atoms with E-state index in [0.29, 0.717) is 19.4 Å². The van der Waals surface area contributed by atoms with E-state index in [-0.39, 0.29) is 11.9 Å². The molecule has 0 aliphatic rings. The SMILES string of the molecule is CC(NC(=O)CCCN)c1ccccc1-n1cccn1. The minimum atomic E-state index is -0.0688. The molecule has 0 fully saturated rings. The Morgan fingerprint density at radius 3 is 2.90 bits per heavy atom. The van der Waals surface area contributed by atoms with E-state index in [9.17, 15) is 4.79 Å². The first-order valence-corrected chi connectivity index (χ1v) is 6.80. The first-order chi connectivity index (χ1) is 9.72. The first kappa shape index (κ1) is 14.3. The zero-order valence-electron chi connectivity index (χ0n) is 11.6. The van der Waals surface area contributed by atoms with Crippen molar-refractivity contribution in [2.45, 2.75) is 25.8 Å². The van der Waals surface area contributed by atoms with Crippen LogP contribution in [0.15, 0.2) is 42.7 Å². The highest BCUT2D eigenvalue weighted by Crippen LogP contribution is 2.20. The molecule has 1 aromatic carbocycles. The van der Waals surface area contributed by atoms with E-state index in [4.69, 9.17) is 5.73 Å². The molecule has 1 unspecified atom stereocenters. The normalized spacial score (nSPS) is 12.1. The molecule has 0 spiro atoms. The van der Waals surface area contributed by atoms with Crippen LogP contribution in [-0.4, -0.2) is 22.2 Å². The van der Waals surface area contributed by atoms with Crippen molar-refractivity contribution >= 4 is 5.91 Å². The Labute approximate surface area is 118 Å². The number of para-hydroxylation sites is 1. The van der Waals surface area contributed by atoms with Crippen LogP contribution in [0.2, 0.25) is 0 Å². The van der Waals surface area contributed by atoms with Crippen LogP contribution in [0.3, 0.4) is 0 Å². The Bertz CT molecular complexity index is 551. The van der Waals surface area contributed by atoms with E-state index in [2.05, 4.69) is 10.4 Å². The molecule has 0 aliphatic heterocycles. The molecule has 1 aromatic heterocycles. The molecule has 2 aromatic rings. The maximum Gasteiger partial charge on any atom is 0.220 e. The van der Waals surface area contributed by atoms with Crippen molar-refractivity contribution in [3.05, 3.63) is 48.3 Å². The second-order valence-corrected chi connectivity index (χ2v) is 4.69. The van der Waals surface area contributed by atoms with E-state index in [1.165, 1.54) is 0 Å². The average molecular weight is 272 g/mol. The lowest BCUT2D eigenvalue weighted by atomic mass is 10.1. The Morgan fingerprint density at radius 1 is 1.40 bits per heavy atom. The van der Waals surface area contributed by atoms with Gasteiger partial charge in [-0.3, -0.25) is 4.79 Å². The van der Waals surface area contributed by atoms with Crippen molar-refractivity contribution in [3.8, 4) is 5.69 Å². The molecule has 0 aliphatic carbocycles. The zero-order valence-corrected chi connectivity index (χ0v) is 11.6. The van der Waals surface area contributed by atoms with Gasteiger partial charge in [0, 0.05) is 18.8 Å². The summed E-state index contributed by atoms with van der Waals surface area (Å²) in [6.07, 6.45) is 4.80. The first-order valence-electron chi connectivity index (χ1n) is 6.80. The molecular formula is C15H20N4O. The summed E-state index contributed by atoms with van der Waals surface area (Å²) in [6, 6.07) is 9.73. The van der Waals surface area contributed by atoms with Gasteiger partial charge in [-0.05, 0) is 37.6 Å². The summed E-state index contributed by atoms with van der Waals surface area (Å²) >= 11 is 0. The highest BCUT2D eigenvalue weighted by molar-refractivity contribution is 5.76. The molecule has 20 heavy (non-hydrogen) atoms. The summed E-state index contributed by atoms with van der Waals surface area (Å²) in [5, 5.41) is 7.24. The fourth-order valence-electron chi connectivity index (χ4n) is 2.13. The Hall–Kier alpha value is -2.14. The number of hydrogen-bond donors (Lipinski definition) is 2. The zero-order chi connectivity index (χ0) is 14.4. The largest absolute Gasteiger partial charge is 0.350 e. The number of carbonyl (C=O) groups is 1. The maximum atomic E-state index is 11.8. The average Bonchev–Trinajstić information content (AvgIpc) is 2.99. The van der Waals surface area contributed by atoms with Gasteiger partial charge >= 0.3 is 0 Å². The van der Waals surface area contributed by atoms with E-state index in [0.717, 1.165) is 11.3 Å². The van der Waals surface area contributed by atoms with Gasteiger partial charge in [0.1, 0.15) is 0 Å². The lowest BCUT2D eigenvalue weighted by Crippen LogP contribution is -2.27. The quantitative estimate of drug-likeness (QED) is 0.842. The summed E-state index contributed by atoms with van der Waals surface area (Å²) in [6.45, 7) is 2.51. The van der Waals surface area contributed by atoms with Gasteiger partial charge in [0.25, 0.3) is 0 Å². The Balaban J connectivity index is 2.14. The molecule has 0 bridgehead atoms. The molecule has 3 N–H and O–H groups in total. The third kappa shape index (κ3) is 3.45. The molecule has 0 saturated heterocycles. The fourth-order valence-corrected chi connectivity index (χ4v) is 2.13. The van der Waals surface area contributed by atoms with Crippen molar-refractivity contribution in [2.75, 3.05) is 6.54 Å². The topological polar surface area (TPSA) is 72.9 Å². The third-order valence-corrected chi connectivity index (χ3v) is 3.14. The number of nitrogens with one attached hydrogen (secondary N) is 1. The molecular weight excluding hydrogens is 252 g/mol. The molecule has 1 heterocycles. The van der Waals surface area contributed by atoms with Gasteiger partial charge in [0.05, 0.1) is 11.7 Å². The maximum absolute atomic E-state index is 11.8. The van der Waals surface area contributed by atoms with Crippen molar-refractivity contribution < 1.29 is 4.79 Å². The van der Waals surface area contributed by atoms with Crippen LogP contribution in [0.5, 0.6) is 0 Å². The van der Waals surface area contributed by atoms with Gasteiger partial charge in [-0.15, -0.1) is 0 Å². The molecule has 5 nitrogen and oxygen atoms in total. The number of aromatic nitrogens is 2. The van der Waals surface area contributed by atoms with E-state index < -0.39 is 0 Å². The van der Waals surface area contributed by atoms with Crippen LogP contribution in [0.4, 0.5) is 0 Å². The van der Waals surface area contributed by atoms with Crippen LogP contribution in [0.1, 0.15) is 31.4 Å². The van der Waals surface area contributed by atoms with Crippen LogP contribution in [-0.2, 0) is 4.79 Å². The highest BCUT2D eigenvalue weighted by Gasteiger charge is 2.13. The van der Waals surface area contributed by atoms with Crippen LogP contribution < -0.4 is 11.1 Å². The number of carbonyl (C=O) groups excluding carboxylic acids is 1. The monoisotopic (exact) mass is 272 g/mol. The smallest absolute Gasteiger partial charge is 0.220 e. The van der Waals surface area contributed by atoms with Gasteiger partial charge < -0.3 is 11.1 Å². The molecule has 0 saturated carbocycles. The van der Waals surface area contributed by atoms with Gasteiger partial charge in [-0.25, -0.2) is 4.68 Å². The number of benzene rings is 1.